The Bertz CT molecular complexity index is 3680. The molecule has 0 radical (unpaired) electrons. The van der Waals surface area contributed by atoms with E-state index in [0.29, 0.717) is 128 Å². The number of nitrogens with two attached hydrogens (primary N) is 8. The van der Waals surface area contributed by atoms with Crippen molar-refractivity contribution in [1.29, 1.82) is 0 Å². The molecule has 0 aliphatic heterocycles. The van der Waals surface area contributed by atoms with Crippen molar-refractivity contribution in [2.24, 2.45) is 93.3 Å². The third-order valence-electron chi connectivity index (χ3n) is 23.2. The van der Waals surface area contributed by atoms with Gasteiger partial charge in [0.1, 0.15) is 84.6 Å². The summed E-state index contributed by atoms with van der Waals surface area (Å²) in [5.41, 5.74) is 43.6. The predicted octanol–water partition coefficient (Wildman–Crippen LogP) is 0.780. The van der Waals surface area contributed by atoms with Crippen molar-refractivity contribution in [3.63, 3.8) is 0 Å². The van der Waals surface area contributed by atoms with Gasteiger partial charge in [0.25, 0.3) is 0 Å². The van der Waals surface area contributed by atoms with Gasteiger partial charge in [0.15, 0.2) is 0 Å². The molecule has 808 valence electrons. The molecule has 15 atom stereocenters. The van der Waals surface area contributed by atoms with E-state index in [2.05, 4.69) is 90.5 Å². The molecular formula is C97H187N25O17S. The minimum Gasteiger partial charge on any atom is -0.355 e. The summed E-state index contributed by atoms with van der Waals surface area (Å²) >= 11 is 1.39. The lowest BCUT2D eigenvalue weighted by Gasteiger charge is -2.30. The van der Waals surface area contributed by atoms with E-state index in [4.69, 9.17) is 46.0 Å². The number of carbonyl (C=O) groups is 17. The molecule has 0 rings (SSSR count). The van der Waals surface area contributed by atoms with Gasteiger partial charge in [0.2, 0.25) is 100 Å². The van der Waals surface area contributed by atoms with E-state index in [1.807, 2.05) is 117 Å². The van der Waals surface area contributed by atoms with Crippen LogP contribution in [0.4, 0.5) is 0 Å². The molecule has 33 N–H and O–H groups in total. The topological polar surface area (TPSA) is 703 Å². The molecule has 0 spiro atoms. The largest absolute Gasteiger partial charge is 0.355 e. The third-order valence-corrected chi connectivity index (χ3v) is 23.8. The summed E-state index contributed by atoms with van der Waals surface area (Å²) in [5, 5.41) is 44.9. The normalized spacial score (nSPS) is 14.8. The summed E-state index contributed by atoms with van der Waals surface area (Å²) in [7, 11) is 0. The number of thioether (sulfide) groups is 1. The summed E-state index contributed by atoms with van der Waals surface area (Å²) in [6, 6.07) is -18.5. The third kappa shape index (κ3) is 59.2. The minimum absolute atomic E-state index is 0.0140. The first kappa shape index (κ1) is 131. The van der Waals surface area contributed by atoms with E-state index < -0.39 is 192 Å². The maximum Gasteiger partial charge on any atom is 0.243 e. The van der Waals surface area contributed by atoms with Crippen LogP contribution in [-0.4, -0.2) is 255 Å². The van der Waals surface area contributed by atoms with Crippen molar-refractivity contribution in [2.45, 2.75) is 400 Å². The summed E-state index contributed by atoms with van der Waals surface area (Å²) < 4.78 is 0. The van der Waals surface area contributed by atoms with Gasteiger partial charge >= 0.3 is 0 Å². The molecular weight excluding hydrogens is 1820 g/mol. The fourth-order valence-electron chi connectivity index (χ4n) is 15.7. The Hall–Kier alpha value is -8.98. The average Bonchev–Trinajstić information content (AvgIpc) is 0.852. The Morgan fingerprint density at radius 1 is 0.221 bits per heavy atom. The molecule has 43 heteroatoms. The van der Waals surface area contributed by atoms with Crippen LogP contribution in [0.15, 0.2) is 0 Å². The molecule has 17 amide bonds. The molecule has 0 heterocycles. The SMILES string of the molecule is CSCC[C@H](NC(=O)[C@H](CC(C)C)NC(=O)[C@H](CC(C)C)NC(=O)[C@H](CCCCN)NC(=O)[C@H](CCCCN)NC(=O)[C@@H](N)CC(C)C)C(=O)N[C@@H](CC(C)C)C(=O)N[C@@H](CC(C)C)C(=O)N[C@@H](CCCCN)C(=O)N[C@@H](CCCCN)C(=O)N[C@@H](CC(C)C)C(=O)N[C@@H](CC(C)C)C(=O)N[C@@H](CCCCN)C(=O)N[C@@H](CC(C)C)C(=O)N[C@@H](CCCCN)C(=O)NCC(=O)NCCCCCC(=O)NN. The number of hydrogen-bond acceptors (Lipinski definition) is 26. The van der Waals surface area contributed by atoms with E-state index >= 15 is 0 Å². The Kier molecular flexibility index (Phi) is 70.9. The van der Waals surface area contributed by atoms with Gasteiger partial charge < -0.3 is 125 Å². The first-order valence-electron chi connectivity index (χ1n) is 51.4. The molecule has 0 aromatic heterocycles. The van der Waals surface area contributed by atoms with E-state index in [0.717, 1.165) is 0 Å². The highest BCUT2D eigenvalue weighted by molar-refractivity contribution is 7.98. The van der Waals surface area contributed by atoms with Crippen LogP contribution >= 0.6 is 11.8 Å². The Morgan fingerprint density at radius 3 is 0.629 bits per heavy atom. The zero-order chi connectivity index (χ0) is 106. The molecule has 0 bridgehead atoms. The van der Waals surface area contributed by atoms with Gasteiger partial charge in [-0.25, -0.2) is 5.84 Å². The lowest BCUT2D eigenvalue weighted by atomic mass is 9.98. The molecule has 140 heavy (non-hydrogen) atoms. The van der Waals surface area contributed by atoms with Crippen molar-refractivity contribution >= 4 is 112 Å². The van der Waals surface area contributed by atoms with Crippen LogP contribution in [0.5, 0.6) is 0 Å². The zero-order valence-corrected chi connectivity index (χ0v) is 88.3. The van der Waals surface area contributed by atoms with Gasteiger partial charge in [-0.05, 0) is 285 Å². The van der Waals surface area contributed by atoms with Crippen LogP contribution in [-0.2, 0) is 81.5 Å². The predicted molar refractivity (Wildman–Crippen MR) is 548 cm³/mol. The molecule has 0 aliphatic rings. The highest BCUT2D eigenvalue weighted by atomic mass is 32.2. The fraction of sp³-hybridized carbons (Fsp3) is 0.825. The van der Waals surface area contributed by atoms with E-state index in [-0.39, 0.29) is 176 Å². The number of hydrazine groups is 1. The second-order valence-electron chi connectivity index (χ2n) is 40.4. The summed E-state index contributed by atoms with van der Waals surface area (Å²) in [6.45, 7) is 31.0. The number of unbranched alkanes of at least 4 members (excludes halogenated alkanes) is 8. The van der Waals surface area contributed by atoms with Crippen LogP contribution in [0, 0.1) is 47.3 Å². The van der Waals surface area contributed by atoms with Crippen LogP contribution in [0.3, 0.4) is 0 Å². The van der Waals surface area contributed by atoms with E-state index in [1.54, 1.807) is 0 Å². The highest BCUT2D eigenvalue weighted by Gasteiger charge is 2.40. The molecule has 0 aromatic rings. The van der Waals surface area contributed by atoms with Crippen molar-refractivity contribution in [1.82, 2.24) is 90.5 Å². The Balaban J connectivity index is 7.38. The maximum absolute atomic E-state index is 15.0. The maximum atomic E-state index is 15.0. The number of rotatable bonds is 80. The fourth-order valence-corrected chi connectivity index (χ4v) is 16.1. The van der Waals surface area contributed by atoms with Gasteiger partial charge in [-0.1, -0.05) is 117 Å². The van der Waals surface area contributed by atoms with Gasteiger partial charge in [-0.15, -0.1) is 0 Å². The molecule has 0 unspecified atom stereocenters. The summed E-state index contributed by atoms with van der Waals surface area (Å²) in [5.74, 6) is -7.46. The number of hydrogen-bond donors (Lipinski definition) is 25. The Labute approximate surface area is 838 Å². The van der Waals surface area contributed by atoms with Crippen molar-refractivity contribution in [3.05, 3.63) is 0 Å². The van der Waals surface area contributed by atoms with E-state index in [1.165, 1.54) is 11.8 Å². The van der Waals surface area contributed by atoms with Crippen molar-refractivity contribution in [2.75, 3.05) is 64.4 Å². The molecule has 0 saturated heterocycles. The van der Waals surface area contributed by atoms with Crippen molar-refractivity contribution < 1.29 is 81.5 Å². The lowest BCUT2D eigenvalue weighted by Crippen LogP contribution is -2.61. The molecule has 0 aromatic carbocycles. The van der Waals surface area contributed by atoms with Gasteiger partial charge in [-0.3, -0.25) is 86.9 Å². The quantitative estimate of drug-likeness (QED) is 0.0173. The first-order valence-corrected chi connectivity index (χ1v) is 52.8. The van der Waals surface area contributed by atoms with Gasteiger partial charge in [-0.2, -0.15) is 11.8 Å². The lowest BCUT2D eigenvalue weighted by molar-refractivity contribution is -0.137. The monoisotopic (exact) mass is 2010 g/mol. The Morgan fingerprint density at radius 2 is 0.421 bits per heavy atom. The molecule has 0 fully saturated rings. The van der Waals surface area contributed by atoms with Crippen LogP contribution < -0.4 is 136 Å². The van der Waals surface area contributed by atoms with E-state index in [9.17, 15) is 81.5 Å². The first-order chi connectivity index (χ1) is 66.1. The van der Waals surface area contributed by atoms with Crippen LogP contribution in [0.1, 0.15) is 310 Å². The molecule has 0 saturated carbocycles. The highest BCUT2D eigenvalue weighted by Crippen LogP contribution is 2.20. The molecule has 0 aliphatic carbocycles. The second kappa shape index (κ2) is 75.8. The smallest absolute Gasteiger partial charge is 0.243 e. The van der Waals surface area contributed by atoms with Crippen molar-refractivity contribution in [3.8, 4) is 0 Å². The minimum atomic E-state index is -1.34. The standard InChI is InChI=1S/C97H187N25O17S/c1-58(2)49-66(104)83(125)108-68(34-21-27-42-99)85(127)110-70(36-23-29-44-101)87(129)116-79(55-64(13)14)96(138)121-77(53-62(9)10)94(136)114-73(40-48-140-17)90(132)118-80(56-65(15)16)97(139)120-75(51-60(5)6)92(134)112-69(35-22-28-43-100)86(128)111-71(37-24-30-45-102)88(130)117-78(54-63(11)12)95(137)119-76(52-61(7)8)93(135)113-72(38-25-31-46-103)89(131)115-74(50-59(3)4)91(133)109-67(33-20-26-41-98)84(126)107-57-82(124)106-47-32-18-19-39-81(123)122-105/h58-80H,18-57,98-105H2,1-17H3,(H,106,124)(H,107,126)(H,108,125)(H,109,133)(H,110,127)(H,111,128)(H,112,134)(H,113,135)(H,114,136)(H,115,131)(H,116,129)(H,117,130)(H,118,132)(H,119,137)(H,120,139)(H,121,138)(H,122,123)/t66-,67-,68-,69-,70-,71-,72-,73-,74-,75-,76-,77-,78-,79-,80-/m0/s1. The number of amides is 17. The van der Waals surface area contributed by atoms with Gasteiger partial charge in [0, 0.05) is 13.0 Å². The average molecular weight is 2010 g/mol. The van der Waals surface area contributed by atoms with Crippen LogP contribution in [0.25, 0.3) is 0 Å². The summed E-state index contributed by atoms with van der Waals surface area (Å²) in [6.07, 6.45) is 10.5. The molecule has 42 nitrogen and oxygen atoms in total. The van der Waals surface area contributed by atoms with Gasteiger partial charge in [0.05, 0.1) is 12.6 Å². The zero-order valence-electron chi connectivity index (χ0n) is 87.5. The number of nitrogens with one attached hydrogen (secondary N) is 17. The summed E-state index contributed by atoms with van der Waals surface area (Å²) in [4.78, 5) is 243. The second-order valence-corrected chi connectivity index (χ2v) is 41.4. The number of carbonyl (C=O) groups excluding carboxylic acids is 17. The van der Waals surface area contributed by atoms with Crippen LogP contribution in [0.2, 0.25) is 0 Å².